The van der Waals surface area contributed by atoms with Crippen LogP contribution in [0.4, 0.5) is 0 Å². The summed E-state index contributed by atoms with van der Waals surface area (Å²) in [5.41, 5.74) is 3.02. The third-order valence-corrected chi connectivity index (χ3v) is 5.60. The van der Waals surface area contributed by atoms with Gasteiger partial charge in [0.25, 0.3) is 0 Å². The fourth-order valence-electron chi connectivity index (χ4n) is 1.91. The van der Waals surface area contributed by atoms with E-state index in [1.807, 2.05) is 74.8 Å². The van der Waals surface area contributed by atoms with E-state index in [-0.39, 0.29) is 0 Å². The summed E-state index contributed by atoms with van der Waals surface area (Å²) in [6.45, 7) is 0. The normalized spacial score (nSPS) is 11.9. The third-order valence-electron chi connectivity index (χ3n) is 2.90. The first-order chi connectivity index (χ1) is 9.63. The largest absolute Gasteiger partial charge is 0.326 e. The maximum atomic E-state index is 13.5. The summed E-state index contributed by atoms with van der Waals surface area (Å²) in [5.74, 6) is 1.76. The van der Waals surface area contributed by atoms with Crippen molar-refractivity contribution in [2.75, 3.05) is 14.1 Å². The minimum atomic E-state index is -2.75. The van der Waals surface area contributed by atoms with Gasteiger partial charge in [-0.1, -0.05) is 60.7 Å². The van der Waals surface area contributed by atoms with Crippen LogP contribution in [0.2, 0.25) is 0 Å². The molecule has 0 radical (unpaired) electrons. The third kappa shape index (κ3) is 3.38. The van der Waals surface area contributed by atoms with Crippen molar-refractivity contribution in [1.29, 1.82) is 0 Å². The first-order valence-electron chi connectivity index (χ1n) is 6.45. The maximum Gasteiger partial charge on any atom is 0.165 e. The van der Waals surface area contributed by atoms with Crippen molar-refractivity contribution in [3.05, 3.63) is 72.7 Å². The van der Waals surface area contributed by atoms with Crippen molar-refractivity contribution in [2.45, 2.75) is 0 Å². The van der Waals surface area contributed by atoms with Crippen LogP contribution in [0.3, 0.4) is 0 Å². The lowest BCUT2D eigenvalue weighted by Crippen LogP contribution is -2.25. The zero-order valence-electron chi connectivity index (χ0n) is 11.7. The van der Waals surface area contributed by atoms with Gasteiger partial charge in [-0.05, 0) is 0 Å². The number of nitrogens with one attached hydrogen (secondary N) is 1. The minimum Gasteiger partial charge on any atom is -0.326 e. The predicted octanol–water partition coefficient (Wildman–Crippen LogP) is 2.54. The van der Waals surface area contributed by atoms with Gasteiger partial charge in [-0.25, -0.2) is 5.01 Å². The van der Waals surface area contributed by atoms with Gasteiger partial charge in [0.05, 0.1) is 0 Å². The van der Waals surface area contributed by atoms with E-state index in [1.165, 1.54) is 0 Å². The highest BCUT2D eigenvalue weighted by Gasteiger charge is 2.23. The van der Waals surface area contributed by atoms with E-state index in [0.717, 1.165) is 10.6 Å². The van der Waals surface area contributed by atoms with Gasteiger partial charge in [0, 0.05) is 36.7 Å². The molecule has 0 aromatic heterocycles. The van der Waals surface area contributed by atoms with E-state index < -0.39 is 7.14 Å². The zero-order chi connectivity index (χ0) is 14.4. The summed E-state index contributed by atoms with van der Waals surface area (Å²) in [6, 6.07) is 19.2. The molecule has 0 unspecified atom stereocenters. The van der Waals surface area contributed by atoms with Crippen LogP contribution in [-0.4, -0.2) is 19.1 Å². The SMILES string of the molecule is CN(C)N/C=C/P(=O)(c1ccccc1)c1ccccc1. The molecule has 2 aromatic carbocycles. The highest BCUT2D eigenvalue weighted by Crippen LogP contribution is 2.44. The van der Waals surface area contributed by atoms with Gasteiger partial charge in [-0.3, -0.25) is 0 Å². The van der Waals surface area contributed by atoms with Crippen LogP contribution in [0.5, 0.6) is 0 Å². The Kier molecular flexibility index (Phi) is 4.78. The van der Waals surface area contributed by atoms with E-state index in [1.54, 1.807) is 17.0 Å². The first-order valence-corrected chi connectivity index (χ1v) is 8.23. The lowest BCUT2D eigenvalue weighted by molar-refractivity contribution is 0.343. The molecule has 4 heteroatoms. The second-order valence-electron chi connectivity index (χ2n) is 4.67. The van der Waals surface area contributed by atoms with E-state index in [4.69, 9.17) is 0 Å². The van der Waals surface area contributed by atoms with E-state index in [2.05, 4.69) is 5.43 Å². The lowest BCUT2D eigenvalue weighted by Gasteiger charge is -2.16. The Morgan fingerprint density at radius 3 is 1.75 bits per heavy atom. The molecule has 20 heavy (non-hydrogen) atoms. The number of hydrogen-bond acceptors (Lipinski definition) is 3. The average molecular weight is 286 g/mol. The molecule has 0 aliphatic carbocycles. The van der Waals surface area contributed by atoms with Gasteiger partial charge < -0.3 is 9.99 Å². The number of hydrazine groups is 1. The zero-order valence-corrected chi connectivity index (χ0v) is 12.6. The molecule has 0 amide bonds. The Morgan fingerprint density at radius 2 is 1.35 bits per heavy atom. The van der Waals surface area contributed by atoms with Crippen LogP contribution in [-0.2, 0) is 4.57 Å². The first kappa shape index (κ1) is 14.6. The lowest BCUT2D eigenvalue weighted by atomic mass is 10.4. The molecule has 0 fully saturated rings. The molecule has 2 rings (SSSR count). The van der Waals surface area contributed by atoms with E-state index in [0.29, 0.717) is 0 Å². The summed E-state index contributed by atoms with van der Waals surface area (Å²) < 4.78 is 13.5. The quantitative estimate of drug-likeness (QED) is 0.677. The van der Waals surface area contributed by atoms with Crippen molar-refractivity contribution in [1.82, 2.24) is 10.4 Å². The standard InChI is InChI=1S/C16H19N2OP/c1-18(2)17-13-14-20(19,15-9-5-3-6-10-15)16-11-7-4-8-12-16/h3-14,17H,1-2H3/b14-13+. The van der Waals surface area contributed by atoms with Gasteiger partial charge in [0.15, 0.2) is 7.14 Å². The van der Waals surface area contributed by atoms with Crippen LogP contribution >= 0.6 is 7.14 Å². The second kappa shape index (κ2) is 6.56. The molecule has 0 saturated heterocycles. The monoisotopic (exact) mass is 286 g/mol. The predicted molar refractivity (Wildman–Crippen MR) is 85.7 cm³/mol. The van der Waals surface area contributed by atoms with Gasteiger partial charge >= 0.3 is 0 Å². The fourth-order valence-corrected chi connectivity index (χ4v) is 4.06. The maximum absolute atomic E-state index is 13.5. The van der Waals surface area contributed by atoms with Crippen LogP contribution in [0.25, 0.3) is 0 Å². The summed E-state index contributed by atoms with van der Waals surface area (Å²) in [5, 5.41) is 3.47. The van der Waals surface area contributed by atoms with Crippen LogP contribution in [0.1, 0.15) is 0 Å². The molecule has 0 saturated carbocycles. The van der Waals surface area contributed by atoms with E-state index in [9.17, 15) is 4.57 Å². The highest BCUT2D eigenvalue weighted by molar-refractivity contribution is 7.81. The number of rotatable bonds is 5. The highest BCUT2D eigenvalue weighted by atomic mass is 31.2. The molecular formula is C16H19N2OP. The minimum absolute atomic E-state index is 0.836. The van der Waals surface area contributed by atoms with Crippen molar-refractivity contribution in [2.24, 2.45) is 0 Å². The molecule has 0 spiro atoms. The molecule has 2 aromatic rings. The van der Waals surface area contributed by atoms with Crippen molar-refractivity contribution >= 4 is 17.8 Å². The average Bonchev–Trinajstić information content (AvgIpc) is 2.48. The number of hydrogen-bond donors (Lipinski definition) is 1. The van der Waals surface area contributed by atoms with Crippen molar-refractivity contribution < 1.29 is 4.57 Å². The Morgan fingerprint density at radius 1 is 0.900 bits per heavy atom. The second-order valence-corrected chi connectivity index (χ2v) is 7.32. The van der Waals surface area contributed by atoms with Crippen molar-refractivity contribution in [3.63, 3.8) is 0 Å². The molecule has 3 nitrogen and oxygen atoms in total. The smallest absolute Gasteiger partial charge is 0.165 e. The van der Waals surface area contributed by atoms with Crippen LogP contribution < -0.4 is 16.0 Å². The fraction of sp³-hybridized carbons (Fsp3) is 0.125. The number of benzene rings is 2. The Bertz CT molecular complexity index is 565. The van der Waals surface area contributed by atoms with Gasteiger partial charge in [0.1, 0.15) is 0 Å². The van der Waals surface area contributed by atoms with Gasteiger partial charge in [-0.15, -0.1) is 0 Å². The molecule has 0 aliphatic rings. The Balaban J connectivity index is 2.44. The topological polar surface area (TPSA) is 32.3 Å². The molecule has 0 bridgehead atoms. The molecule has 1 N–H and O–H groups in total. The van der Waals surface area contributed by atoms with Crippen molar-refractivity contribution in [3.8, 4) is 0 Å². The van der Waals surface area contributed by atoms with Crippen LogP contribution in [0, 0.1) is 0 Å². The summed E-state index contributed by atoms with van der Waals surface area (Å²) in [6.07, 6.45) is 1.74. The molecule has 0 aliphatic heterocycles. The molecular weight excluding hydrogens is 267 g/mol. The van der Waals surface area contributed by atoms with E-state index >= 15 is 0 Å². The van der Waals surface area contributed by atoms with Crippen LogP contribution in [0.15, 0.2) is 72.7 Å². The summed E-state index contributed by atoms with van der Waals surface area (Å²) in [7, 11) is 1.03. The number of nitrogens with zero attached hydrogens (tertiary/aromatic N) is 1. The van der Waals surface area contributed by atoms with Gasteiger partial charge in [0.2, 0.25) is 0 Å². The van der Waals surface area contributed by atoms with Gasteiger partial charge in [-0.2, -0.15) is 0 Å². The molecule has 0 atom stereocenters. The molecule has 0 heterocycles. The Hall–Kier alpha value is -1.83. The Labute approximate surface area is 120 Å². The summed E-state index contributed by atoms with van der Waals surface area (Å²) in [4.78, 5) is 0. The molecule has 104 valence electrons. The summed E-state index contributed by atoms with van der Waals surface area (Å²) >= 11 is 0.